The first kappa shape index (κ1) is 13.4. The van der Waals surface area contributed by atoms with Crippen LogP contribution in [-0.2, 0) is 0 Å². The first-order valence-electron chi connectivity index (χ1n) is 7.69. The number of nitrogens with two attached hydrogens (primary N) is 1. The van der Waals surface area contributed by atoms with Gasteiger partial charge in [0, 0.05) is 13.1 Å². The van der Waals surface area contributed by atoms with E-state index in [9.17, 15) is 4.79 Å². The van der Waals surface area contributed by atoms with Gasteiger partial charge in [0.2, 0.25) is 0 Å². The number of anilines is 1. The molecule has 1 saturated carbocycles. The van der Waals surface area contributed by atoms with Gasteiger partial charge in [0.1, 0.15) is 5.69 Å². The number of carbonyl (C=O) groups is 1. The van der Waals surface area contributed by atoms with Crippen molar-refractivity contribution in [3.8, 4) is 0 Å². The van der Waals surface area contributed by atoms with Gasteiger partial charge in [-0.2, -0.15) is 0 Å². The Balaban J connectivity index is 1.62. The quantitative estimate of drug-likeness (QED) is 0.856. The number of piperidine rings is 1. The smallest absolute Gasteiger partial charge is 0.272 e. The molecule has 20 heavy (non-hydrogen) atoms. The van der Waals surface area contributed by atoms with Crippen LogP contribution in [0.4, 0.5) is 5.69 Å². The van der Waals surface area contributed by atoms with E-state index in [1.807, 2.05) is 4.90 Å². The van der Waals surface area contributed by atoms with E-state index >= 15 is 0 Å². The predicted molar refractivity (Wildman–Crippen MR) is 79.3 cm³/mol. The molecule has 1 aromatic rings. The van der Waals surface area contributed by atoms with Gasteiger partial charge in [0.15, 0.2) is 0 Å². The highest BCUT2D eigenvalue weighted by atomic mass is 16.2. The van der Waals surface area contributed by atoms with Gasteiger partial charge in [-0.15, -0.1) is 0 Å². The monoisotopic (exact) mass is 273 g/mol. The second-order valence-corrected chi connectivity index (χ2v) is 6.33. The zero-order chi connectivity index (χ0) is 14.0. The van der Waals surface area contributed by atoms with Crippen molar-refractivity contribution in [2.45, 2.75) is 44.9 Å². The van der Waals surface area contributed by atoms with E-state index in [1.165, 1.54) is 32.1 Å². The summed E-state index contributed by atoms with van der Waals surface area (Å²) in [4.78, 5) is 18.5. The minimum absolute atomic E-state index is 0.0515. The molecule has 3 rings (SSSR count). The molecule has 0 aromatic carbocycles. The number of aromatic nitrogens is 1. The number of hydrogen-bond acceptors (Lipinski definition) is 3. The molecule has 1 aliphatic carbocycles. The normalized spacial score (nSPS) is 21.9. The third-order valence-corrected chi connectivity index (χ3v) is 5.03. The first-order chi connectivity index (χ1) is 9.69. The SMILES string of the molecule is Nc1ccc(C(=O)N2CCC3(CCCCC3)CC2)nc1. The van der Waals surface area contributed by atoms with E-state index in [4.69, 9.17) is 5.73 Å². The lowest BCUT2D eigenvalue weighted by molar-refractivity contribution is 0.0467. The number of nitrogen functional groups attached to an aromatic ring is 1. The lowest BCUT2D eigenvalue weighted by Gasteiger charge is -2.44. The summed E-state index contributed by atoms with van der Waals surface area (Å²) in [5, 5.41) is 0. The Morgan fingerprint density at radius 1 is 1.10 bits per heavy atom. The third kappa shape index (κ3) is 2.65. The maximum Gasteiger partial charge on any atom is 0.272 e. The summed E-state index contributed by atoms with van der Waals surface area (Å²) >= 11 is 0. The van der Waals surface area contributed by atoms with Gasteiger partial charge in [-0.25, -0.2) is 4.98 Å². The van der Waals surface area contributed by atoms with Gasteiger partial charge in [0.25, 0.3) is 5.91 Å². The number of likely N-dealkylation sites (tertiary alicyclic amines) is 1. The predicted octanol–water partition coefficient (Wildman–Crippen LogP) is 2.85. The molecular weight excluding hydrogens is 250 g/mol. The van der Waals surface area contributed by atoms with Crippen LogP contribution in [0, 0.1) is 5.41 Å². The molecule has 1 amide bonds. The molecule has 2 N–H and O–H groups in total. The molecule has 108 valence electrons. The van der Waals surface area contributed by atoms with Gasteiger partial charge in [-0.1, -0.05) is 19.3 Å². The number of hydrogen-bond donors (Lipinski definition) is 1. The van der Waals surface area contributed by atoms with Gasteiger partial charge < -0.3 is 10.6 Å². The molecule has 1 aromatic heterocycles. The number of carbonyl (C=O) groups excluding carboxylic acids is 1. The number of nitrogens with zero attached hydrogens (tertiary/aromatic N) is 2. The summed E-state index contributed by atoms with van der Waals surface area (Å²) in [6.45, 7) is 1.76. The largest absolute Gasteiger partial charge is 0.397 e. The third-order valence-electron chi connectivity index (χ3n) is 5.03. The van der Waals surface area contributed by atoms with Crippen molar-refractivity contribution in [3.05, 3.63) is 24.0 Å². The van der Waals surface area contributed by atoms with E-state index in [1.54, 1.807) is 18.3 Å². The summed E-state index contributed by atoms with van der Waals surface area (Å²) < 4.78 is 0. The summed E-state index contributed by atoms with van der Waals surface area (Å²) in [5.41, 5.74) is 7.25. The molecule has 0 bridgehead atoms. The molecule has 0 unspecified atom stereocenters. The molecular formula is C16H23N3O. The van der Waals surface area contributed by atoms with E-state index in [2.05, 4.69) is 4.98 Å². The molecule has 1 saturated heterocycles. The number of amides is 1. The van der Waals surface area contributed by atoms with Crippen LogP contribution in [-0.4, -0.2) is 28.9 Å². The first-order valence-corrected chi connectivity index (χ1v) is 7.69. The van der Waals surface area contributed by atoms with E-state index in [0.29, 0.717) is 16.8 Å². The fourth-order valence-corrected chi connectivity index (χ4v) is 3.68. The molecule has 4 heteroatoms. The summed E-state index contributed by atoms with van der Waals surface area (Å²) in [7, 11) is 0. The minimum Gasteiger partial charge on any atom is -0.397 e. The van der Waals surface area contributed by atoms with Crippen LogP contribution >= 0.6 is 0 Å². The molecule has 0 atom stereocenters. The molecule has 4 nitrogen and oxygen atoms in total. The Morgan fingerprint density at radius 3 is 2.40 bits per heavy atom. The van der Waals surface area contributed by atoms with Gasteiger partial charge in [-0.05, 0) is 43.2 Å². The van der Waals surface area contributed by atoms with Crippen molar-refractivity contribution in [1.29, 1.82) is 0 Å². The molecule has 1 spiro atoms. The Labute approximate surface area is 120 Å². The van der Waals surface area contributed by atoms with Crippen LogP contribution < -0.4 is 5.73 Å². The van der Waals surface area contributed by atoms with E-state index in [-0.39, 0.29) is 5.91 Å². The van der Waals surface area contributed by atoms with Crippen LogP contribution in [0.3, 0.4) is 0 Å². The van der Waals surface area contributed by atoms with Crippen LogP contribution in [0.15, 0.2) is 18.3 Å². The molecule has 2 fully saturated rings. The average Bonchev–Trinajstić information content (AvgIpc) is 2.49. The highest BCUT2D eigenvalue weighted by molar-refractivity contribution is 5.92. The molecule has 0 radical (unpaired) electrons. The van der Waals surface area contributed by atoms with Crippen molar-refractivity contribution in [2.24, 2.45) is 5.41 Å². The van der Waals surface area contributed by atoms with Crippen molar-refractivity contribution in [1.82, 2.24) is 9.88 Å². The maximum atomic E-state index is 12.4. The van der Waals surface area contributed by atoms with Crippen molar-refractivity contribution in [3.63, 3.8) is 0 Å². The van der Waals surface area contributed by atoms with Crippen LogP contribution in [0.2, 0.25) is 0 Å². The topological polar surface area (TPSA) is 59.2 Å². The Kier molecular flexibility index (Phi) is 3.64. The molecule has 2 heterocycles. The van der Waals surface area contributed by atoms with Crippen LogP contribution in [0.25, 0.3) is 0 Å². The van der Waals surface area contributed by atoms with E-state index < -0.39 is 0 Å². The van der Waals surface area contributed by atoms with Crippen LogP contribution in [0.5, 0.6) is 0 Å². The summed E-state index contributed by atoms with van der Waals surface area (Å²) in [6, 6.07) is 3.47. The molecule has 1 aliphatic heterocycles. The number of rotatable bonds is 1. The standard InChI is InChI=1S/C16H23N3O/c17-13-4-5-14(18-12-13)15(20)19-10-8-16(9-11-19)6-2-1-3-7-16/h4-5,12H,1-3,6-11,17H2. The average molecular weight is 273 g/mol. The zero-order valence-electron chi connectivity index (χ0n) is 12.0. The Morgan fingerprint density at radius 2 is 1.80 bits per heavy atom. The van der Waals surface area contributed by atoms with E-state index in [0.717, 1.165) is 25.9 Å². The Bertz CT molecular complexity index is 467. The fraction of sp³-hybridized carbons (Fsp3) is 0.625. The maximum absolute atomic E-state index is 12.4. The second-order valence-electron chi connectivity index (χ2n) is 6.33. The van der Waals surface area contributed by atoms with Crippen molar-refractivity contribution < 1.29 is 4.79 Å². The van der Waals surface area contributed by atoms with Crippen molar-refractivity contribution >= 4 is 11.6 Å². The zero-order valence-corrected chi connectivity index (χ0v) is 12.0. The Hall–Kier alpha value is -1.58. The lowest BCUT2D eigenvalue weighted by Crippen LogP contribution is -2.44. The number of pyridine rings is 1. The minimum atomic E-state index is 0.0515. The van der Waals surface area contributed by atoms with Gasteiger partial charge >= 0.3 is 0 Å². The van der Waals surface area contributed by atoms with Crippen LogP contribution in [0.1, 0.15) is 55.4 Å². The summed E-state index contributed by atoms with van der Waals surface area (Å²) in [5.74, 6) is 0.0515. The highest BCUT2D eigenvalue weighted by Crippen LogP contribution is 2.44. The fourth-order valence-electron chi connectivity index (χ4n) is 3.68. The molecule has 2 aliphatic rings. The van der Waals surface area contributed by atoms with Gasteiger partial charge in [-0.3, -0.25) is 4.79 Å². The summed E-state index contributed by atoms with van der Waals surface area (Å²) in [6.07, 6.45) is 10.7. The highest BCUT2D eigenvalue weighted by Gasteiger charge is 2.36. The lowest BCUT2D eigenvalue weighted by atomic mass is 9.68. The second kappa shape index (κ2) is 5.43. The van der Waals surface area contributed by atoms with Gasteiger partial charge in [0.05, 0.1) is 11.9 Å². The van der Waals surface area contributed by atoms with Crippen molar-refractivity contribution in [2.75, 3.05) is 18.8 Å².